The minimum Gasteiger partial charge on any atom is -0.478 e. The molecule has 0 saturated heterocycles. The molecule has 1 aliphatic rings. The van der Waals surface area contributed by atoms with E-state index in [-0.39, 0.29) is 5.56 Å². The van der Waals surface area contributed by atoms with Gasteiger partial charge >= 0.3 is 5.97 Å². The maximum atomic E-state index is 11.1. The van der Waals surface area contributed by atoms with E-state index in [0.717, 1.165) is 23.3 Å². The van der Waals surface area contributed by atoms with E-state index in [0.29, 0.717) is 9.60 Å². The van der Waals surface area contributed by atoms with E-state index >= 15 is 0 Å². The first kappa shape index (κ1) is 13.1. The Morgan fingerprint density at radius 1 is 1.71 bits per heavy atom. The zero-order chi connectivity index (χ0) is 12.6. The lowest BCUT2D eigenvalue weighted by atomic mass is 10.0. The SMILES string of the molecule is CCSC1Cc2c(Cl)c(C(=O)O)cc(C)c2S1. The zero-order valence-electron chi connectivity index (χ0n) is 9.62. The number of hydrogen-bond donors (Lipinski definition) is 1. The van der Waals surface area contributed by atoms with Crippen LogP contribution in [0.5, 0.6) is 0 Å². The number of carboxylic acids is 1. The Balaban J connectivity index is 2.43. The number of hydrogen-bond acceptors (Lipinski definition) is 3. The van der Waals surface area contributed by atoms with Crippen LogP contribution < -0.4 is 0 Å². The smallest absolute Gasteiger partial charge is 0.337 e. The Labute approximate surface area is 114 Å². The van der Waals surface area contributed by atoms with Crippen LogP contribution >= 0.6 is 35.1 Å². The van der Waals surface area contributed by atoms with Gasteiger partial charge in [0.05, 0.1) is 15.2 Å². The third kappa shape index (κ3) is 2.44. The number of fused-ring (bicyclic) bond motifs is 1. The fourth-order valence-corrected chi connectivity index (χ4v) is 5.04. The summed E-state index contributed by atoms with van der Waals surface area (Å²) in [5.74, 6) is 0.117. The van der Waals surface area contributed by atoms with E-state index in [2.05, 4.69) is 6.92 Å². The van der Waals surface area contributed by atoms with Crippen molar-refractivity contribution >= 4 is 41.1 Å². The van der Waals surface area contributed by atoms with Crippen molar-refractivity contribution in [3.8, 4) is 0 Å². The van der Waals surface area contributed by atoms with Crippen LogP contribution in [0.3, 0.4) is 0 Å². The first-order valence-corrected chi connectivity index (χ1v) is 7.68. The van der Waals surface area contributed by atoms with Gasteiger partial charge in [-0.15, -0.1) is 23.5 Å². The number of thioether (sulfide) groups is 2. The molecule has 0 aliphatic carbocycles. The molecule has 0 aromatic heterocycles. The summed E-state index contributed by atoms with van der Waals surface area (Å²) in [6.45, 7) is 4.08. The topological polar surface area (TPSA) is 37.3 Å². The standard InChI is InChI=1S/C12H13ClO2S2/c1-3-16-9-5-7-10(13)8(12(14)15)4-6(2)11(7)17-9/h4,9H,3,5H2,1-2H3,(H,14,15). The first-order chi connectivity index (χ1) is 8.04. The Kier molecular flexibility index (Phi) is 3.95. The van der Waals surface area contributed by atoms with E-state index in [9.17, 15) is 4.79 Å². The maximum Gasteiger partial charge on any atom is 0.337 e. The Hall–Kier alpha value is -0.320. The maximum absolute atomic E-state index is 11.1. The fourth-order valence-electron chi connectivity index (χ4n) is 1.97. The summed E-state index contributed by atoms with van der Waals surface area (Å²) >= 11 is 9.87. The van der Waals surface area contributed by atoms with E-state index < -0.39 is 5.97 Å². The van der Waals surface area contributed by atoms with Crippen LogP contribution in [0.15, 0.2) is 11.0 Å². The lowest BCUT2D eigenvalue weighted by Crippen LogP contribution is -2.02. The van der Waals surface area contributed by atoms with Crippen LogP contribution in [-0.2, 0) is 6.42 Å². The van der Waals surface area contributed by atoms with E-state index in [4.69, 9.17) is 16.7 Å². The number of halogens is 1. The summed E-state index contributed by atoms with van der Waals surface area (Å²) in [5, 5.41) is 9.52. The molecule has 0 saturated carbocycles. The van der Waals surface area contributed by atoms with Gasteiger partial charge < -0.3 is 5.11 Å². The number of benzene rings is 1. The molecule has 0 fully saturated rings. The summed E-state index contributed by atoms with van der Waals surface area (Å²) in [5.41, 5.74) is 2.26. The van der Waals surface area contributed by atoms with Crippen molar-refractivity contribution in [1.29, 1.82) is 0 Å². The highest BCUT2D eigenvalue weighted by Crippen LogP contribution is 2.47. The second-order valence-electron chi connectivity index (χ2n) is 3.87. The van der Waals surface area contributed by atoms with Gasteiger partial charge in [-0.3, -0.25) is 0 Å². The molecule has 92 valence electrons. The van der Waals surface area contributed by atoms with Gasteiger partial charge in [0.25, 0.3) is 0 Å². The van der Waals surface area contributed by atoms with Gasteiger partial charge in [0, 0.05) is 4.90 Å². The normalized spacial score (nSPS) is 18.2. The van der Waals surface area contributed by atoms with Gasteiger partial charge in [-0.2, -0.15) is 0 Å². The van der Waals surface area contributed by atoms with Crippen LogP contribution in [0.4, 0.5) is 0 Å². The highest BCUT2D eigenvalue weighted by molar-refractivity contribution is 8.17. The van der Waals surface area contributed by atoms with Gasteiger partial charge in [-0.1, -0.05) is 18.5 Å². The molecule has 0 radical (unpaired) electrons. The molecule has 0 amide bonds. The van der Waals surface area contributed by atoms with Gasteiger partial charge in [0.15, 0.2) is 0 Å². The minimum atomic E-state index is -0.947. The lowest BCUT2D eigenvalue weighted by molar-refractivity contribution is 0.0697. The molecule has 0 spiro atoms. The van der Waals surface area contributed by atoms with E-state index in [1.807, 2.05) is 30.4 Å². The number of carbonyl (C=O) groups is 1. The number of rotatable bonds is 3. The predicted molar refractivity (Wildman–Crippen MR) is 74.6 cm³/mol. The molecule has 1 unspecified atom stereocenters. The Morgan fingerprint density at radius 2 is 2.41 bits per heavy atom. The molecule has 1 atom stereocenters. The third-order valence-electron chi connectivity index (χ3n) is 2.70. The summed E-state index contributed by atoms with van der Waals surface area (Å²) in [4.78, 5) is 12.3. The van der Waals surface area contributed by atoms with Crippen molar-refractivity contribution < 1.29 is 9.90 Å². The molecule has 1 aliphatic heterocycles. The van der Waals surface area contributed by atoms with Gasteiger partial charge in [0.2, 0.25) is 0 Å². The molecule has 2 nitrogen and oxygen atoms in total. The molecule has 1 aromatic rings. The average molecular weight is 289 g/mol. The molecule has 5 heteroatoms. The monoisotopic (exact) mass is 288 g/mol. The van der Waals surface area contributed by atoms with Crippen LogP contribution in [0.25, 0.3) is 0 Å². The Morgan fingerprint density at radius 3 is 3.00 bits per heavy atom. The average Bonchev–Trinajstić information content (AvgIpc) is 2.68. The van der Waals surface area contributed by atoms with Crippen LogP contribution in [0.1, 0.15) is 28.4 Å². The predicted octanol–water partition coefficient (Wildman–Crippen LogP) is 4.07. The number of aromatic carboxylic acids is 1. The quantitative estimate of drug-likeness (QED) is 0.909. The van der Waals surface area contributed by atoms with Crippen molar-refractivity contribution in [3.63, 3.8) is 0 Å². The molecule has 1 heterocycles. The molecule has 17 heavy (non-hydrogen) atoms. The molecule has 0 bridgehead atoms. The molecule has 1 aromatic carbocycles. The summed E-state index contributed by atoms with van der Waals surface area (Å²) in [7, 11) is 0. The zero-order valence-corrected chi connectivity index (χ0v) is 12.0. The van der Waals surface area contributed by atoms with Gasteiger partial charge in [0.1, 0.15) is 0 Å². The van der Waals surface area contributed by atoms with Gasteiger partial charge in [-0.05, 0) is 36.3 Å². The van der Waals surface area contributed by atoms with Crippen molar-refractivity contribution in [2.45, 2.75) is 29.7 Å². The van der Waals surface area contributed by atoms with Crippen LogP contribution in [0.2, 0.25) is 5.02 Å². The van der Waals surface area contributed by atoms with Gasteiger partial charge in [-0.25, -0.2) is 4.79 Å². The summed E-state index contributed by atoms with van der Waals surface area (Å²) in [6, 6.07) is 1.68. The second kappa shape index (κ2) is 5.12. The molecule has 1 N–H and O–H groups in total. The first-order valence-electron chi connectivity index (χ1n) is 5.38. The second-order valence-corrected chi connectivity index (χ2v) is 7.24. The number of aryl methyl sites for hydroxylation is 1. The van der Waals surface area contributed by atoms with Crippen molar-refractivity contribution in [2.24, 2.45) is 0 Å². The largest absolute Gasteiger partial charge is 0.478 e. The van der Waals surface area contributed by atoms with Crippen molar-refractivity contribution in [2.75, 3.05) is 5.75 Å². The van der Waals surface area contributed by atoms with E-state index in [1.54, 1.807) is 6.07 Å². The molecular weight excluding hydrogens is 276 g/mol. The van der Waals surface area contributed by atoms with Crippen LogP contribution in [0, 0.1) is 6.92 Å². The molecular formula is C12H13ClO2S2. The fraction of sp³-hybridized carbons (Fsp3) is 0.417. The lowest BCUT2D eigenvalue weighted by Gasteiger charge is -2.08. The highest BCUT2D eigenvalue weighted by atomic mass is 35.5. The molecule has 2 rings (SSSR count). The summed E-state index contributed by atoms with van der Waals surface area (Å²) in [6.07, 6.45) is 0.860. The Bertz CT molecular complexity index is 474. The van der Waals surface area contributed by atoms with Crippen LogP contribution in [-0.4, -0.2) is 21.4 Å². The minimum absolute atomic E-state index is 0.227. The van der Waals surface area contributed by atoms with E-state index in [1.165, 1.54) is 4.90 Å². The summed E-state index contributed by atoms with van der Waals surface area (Å²) < 4.78 is 0.468. The number of carboxylic acid groups (broad SMARTS) is 1. The van der Waals surface area contributed by atoms with Crippen molar-refractivity contribution in [1.82, 2.24) is 0 Å². The third-order valence-corrected chi connectivity index (χ3v) is 5.93. The van der Waals surface area contributed by atoms with Crippen molar-refractivity contribution in [3.05, 3.63) is 27.8 Å². The highest BCUT2D eigenvalue weighted by Gasteiger charge is 2.28.